The Hall–Kier alpha value is -2.17. The zero-order chi connectivity index (χ0) is 22.1. The molecule has 0 spiro atoms. The van der Waals surface area contributed by atoms with Gasteiger partial charge in [-0.3, -0.25) is 0 Å². The van der Waals surface area contributed by atoms with Gasteiger partial charge in [0.1, 0.15) is 5.82 Å². The molecule has 1 fully saturated rings. The van der Waals surface area contributed by atoms with E-state index < -0.39 is 47.7 Å². The average Bonchev–Trinajstić information content (AvgIpc) is 2.67. The summed E-state index contributed by atoms with van der Waals surface area (Å²) in [7, 11) is 0. The van der Waals surface area contributed by atoms with Crippen molar-refractivity contribution in [1.82, 2.24) is 5.32 Å². The first-order valence-corrected chi connectivity index (χ1v) is 9.00. The van der Waals surface area contributed by atoms with Gasteiger partial charge in [-0.1, -0.05) is 12.1 Å². The summed E-state index contributed by atoms with van der Waals surface area (Å²) in [4.78, 5) is 0. The molecule has 0 bridgehead atoms. The predicted octanol–water partition coefficient (Wildman–Crippen LogP) is 5.63. The molecule has 1 N–H and O–H groups in total. The van der Waals surface area contributed by atoms with Crippen LogP contribution >= 0.6 is 0 Å². The predicted molar refractivity (Wildman–Crippen MR) is 92.8 cm³/mol. The van der Waals surface area contributed by atoms with Crippen LogP contribution in [0.3, 0.4) is 0 Å². The van der Waals surface area contributed by atoms with Gasteiger partial charge >= 0.3 is 12.4 Å². The third-order valence-corrected chi connectivity index (χ3v) is 4.67. The summed E-state index contributed by atoms with van der Waals surface area (Å²) in [5.74, 6) is -0.454. The Labute approximate surface area is 167 Å². The van der Waals surface area contributed by atoms with Crippen LogP contribution in [0.2, 0.25) is 0 Å². The number of alkyl halides is 6. The van der Waals surface area contributed by atoms with E-state index in [1.54, 1.807) is 0 Å². The van der Waals surface area contributed by atoms with Crippen LogP contribution < -0.4 is 5.32 Å². The lowest BCUT2D eigenvalue weighted by molar-refractivity contribution is -0.200. The van der Waals surface area contributed by atoms with Crippen molar-refractivity contribution in [3.8, 4) is 0 Å². The molecule has 1 saturated heterocycles. The smallest absolute Gasteiger partial charge is 0.349 e. The quantitative estimate of drug-likeness (QED) is 0.630. The lowest BCUT2D eigenvalue weighted by atomic mass is 10.0. The fourth-order valence-corrected chi connectivity index (χ4v) is 3.14. The van der Waals surface area contributed by atoms with Gasteiger partial charge in [0, 0.05) is 6.54 Å². The first-order chi connectivity index (χ1) is 13.9. The monoisotopic (exact) mass is 437 g/mol. The van der Waals surface area contributed by atoms with Gasteiger partial charge in [-0.15, -0.1) is 0 Å². The number of ether oxygens (including phenoxy) is 2. The highest BCUT2D eigenvalue weighted by molar-refractivity contribution is 5.34. The summed E-state index contributed by atoms with van der Waals surface area (Å²) >= 11 is 0. The SMILES string of the molecule is CC(OC1OCCN[C@H]1c1ccc(F)cc1)c1cc(C(F)(F)F)cc(C(F)(F)F)c1. The first kappa shape index (κ1) is 22.5. The number of nitrogens with one attached hydrogen (secondary N) is 1. The van der Waals surface area contributed by atoms with E-state index >= 15 is 0 Å². The largest absolute Gasteiger partial charge is 0.416 e. The number of hydrogen-bond donors (Lipinski definition) is 1. The molecule has 10 heteroatoms. The molecular weight excluding hydrogens is 419 g/mol. The Bertz CT molecular complexity index is 833. The summed E-state index contributed by atoms with van der Waals surface area (Å²) in [6.45, 7) is 2.01. The van der Waals surface area contributed by atoms with E-state index in [1.807, 2.05) is 0 Å². The molecule has 0 aliphatic carbocycles. The molecule has 0 radical (unpaired) electrons. The molecule has 1 aliphatic rings. The van der Waals surface area contributed by atoms with Gasteiger partial charge in [-0.2, -0.15) is 26.3 Å². The second-order valence-corrected chi connectivity index (χ2v) is 6.84. The van der Waals surface area contributed by atoms with Gasteiger partial charge in [-0.25, -0.2) is 4.39 Å². The summed E-state index contributed by atoms with van der Waals surface area (Å²) in [6, 6.07) is 6.20. The number of halogens is 7. The first-order valence-electron chi connectivity index (χ1n) is 9.00. The molecule has 30 heavy (non-hydrogen) atoms. The molecule has 3 rings (SSSR count). The number of rotatable bonds is 4. The van der Waals surface area contributed by atoms with E-state index in [0.717, 1.165) is 0 Å². The van der Waals surface area contributed by atoms with Crippen molar-refractivity contribution in [3.05, 3.63) is 70.5 Å². The third kappa shape index (κ3) is 5.30. The maximum Gasteiger partial charge on any atom is 0.416 e. The van der Waals surface area contributed by atoms with Crippen LogP contribution in [0.1, 0.15) is 41.3 Å². The molecule has 2 aromatic rings. The minimum absolute atomic E-state index is 0.0657. The van der Waals surface area contributed by atoms with Gasteiger partial charge in [0.15, 0.2) is 6.29 Å². The molecule has 3 nitrogen and oxygen atoms in total. The second-order valence-electron chi connectivity index (χ2n) is 6.84. The second kappa shape index (κ2) is 8.52. The van der Waals surface area contributed by atoms with Crippen LogP contribution in [-0.4, -0.2) is 19.4 Å². The molecular formula is C20H18F7NO2. The van der Waals surface area contributed by atoms with Crippen LogP contribution in [0, 0.1) is 5.82 Å². The number of morpholine rings is 1. The van der Waals surface area contributed by atoms with Gasteiger partial charge in [0.05, 0.1) is 29.9 Å². The Morgan fingerprint density at radius 2 is 1.53 bits per heavy atom. The zero-order valence-electron chi connectivity index (χ0n) is 15.6. The van der Waals surface area contributed by atoms with Gasteiger partial charge in [0.25, 0.3) is 0 Å². The van der Waals surface area contributed by atoms with Crippen molar-refractivity contribution in [1.29, 1.82) is 0 Å². The Morgan fingerprint density at radius 3 is 2.07 bits per heavy atom. The van der Waals surface area contributed by atoms with E-state index in [1.165, 1.54) is 31.2 Å². The fraction of sp³-hybridized carbons (Fsp3) is 0.400. The highest BCUT2D eigenvalue weighted by Gasteiger charge is 2.38. The van der Waals surface area contributed by atoms with Gasteiger partial charge < -0.3 is 14.8 Å². The fourth-order valence-electron chi connectivity index (χ4n) is 3.14. The lowest BCUT2D eigenvalue weighted by Crippen LogP contribution is -2.43. The topological polar surface area (TPSA) is 30.5 Å². The standard InChI is InChI=1S/C20H18F7NO2/c1-11(13-8-14(19(22,23)24)10-15(9-13)20(25,26)27)30-18-17(28-6-7-29-18)12-2-4-16(21)5-3-12/h2-5,8-11,17-18,28H,6-7H2,1H3/t11?,17-,18?/m0/s1. The Kier molecular flexibility index (Phi) is 6.40. The molecule has 0 saturated carbocycles. The Balaban J connectivity index is 1.88. The van der Waals surface area contributed by atoms with Crippen LogP contribution in [0.5, 0.6) is 0 Å². The van der Waals surface area contributed by atoms with Crippen molar-refractivity contribution in [2.75, 3.05) is 13.2 Å². The molecule has 0 aromatic heterocycles. The van der Waals surface area contributed by atoms with Gasteiger partial charge in [-0.05, 0) is 48.4 Å². The number of hydrogen-bond acceptors (Lipinski definition) is 3. The van der Waals surface area contributed by atoms with E-state index in [4.69, 9.17) is 9.47 Å². The van der Waals surface area contributed by atoms with Crippen molar-refractivity contribution in [2.24, 2.45) is 0 Å². The van der Waals surface area contributed by atoms with Gasteiger partial charge in [0.2, 0.25) is 0 Å². The molecule has 1 aliphatic heterocycles. The molecule has 0 amide bonds. The van der Waals surface area contributed by atoms with E-state index in [9.17, 15) is 30.7 Å². The van der Waals surface area contributed by atoms with Crippen molar-refractivity contribution >= 4 is 0 Å². The molecule has 3 atom stereocenters. The third-order valence-electron chi connectivity index (χ3n) is 4.67. The van der Waals surface area contributed by atoms with Crippen LogP contribution in [-0.2, 0) is 21.8 Å². The Morgan fingerprint density at radius 1 is 0.967 bits per heavy atom. The van der Waals surface area contributed by atoms with Crippen LogP contribution in [0.15, 0.2) is 42.5 Å². The maximum absolute atomic E-state index is 13.2. The van der Waals surface area contributed by atoms with Crippen molar-refractivity contribution in [3.63, 3.8) is 0 Å². The maximum atomic E-state index is 13.2. The van der Waals surface area contributed by atoms with Crippen molar-refractivity contribution in [2.45, 2.75) is 37.7 Å². The minimum atomic E-state index is -4.95. The summed E-state index contributed by atoms with van der Waals surface area (Å²) in [5.41, 5.74) is -2.52. The summed E-state index contributed by atoms with van der Waals surface area (Å²) in [5, 5.41) is 3.10. The lowest BCUT2D eigenvalue weighted by Gasteiger charge is -2.34. The highest BCUT2D eigenvalue weighted by atomic mass is 19.4. The average molecular weight is 437 g/mol. The molecule has 1 heterocycles. The normalized spacial score (nSPS) is 21.5. The highest BCUT2D eigenvalue weighted by Crippen LogP contribution is 2.38. The molecule has 2 unspecified atom stereocenters. The van der Waals surface area contributed by atoms with E-state index in [0.29, 0.717) is 24.2 Å². The number of benzene rings is 2. The molecule has 2 aromatic carbocycles. The molecule has 164 valence electrons. The van der Waals surface area contributed by atoms with Crippen LogP contribution in [0.25, 0.3) is 0 Å². The van der Waals surface area contributed by atoms with Crippen molar-refractivity contribution < 1.29 is 40.2 Å². The van der Waals surface area contributed by atoms with E-state index in [-0.39, 0.29) is 18.2 Å². The van der Waals surface area contributed by atoms with Crippen LogP contribution in [0.4, 0.5) is 30.7 Å². The summed E-state index contributed by atoms with van der Waals surface area (Å²) in [6.07, 6.45) is -12.0. The zero-order valence-corrected chi connectivity index (χ0v) is 15.6. The summed E-state index contributed by atoms with van der Waals surface area (Å²) < 4.78 is 103. The van der Waals surface area contributed by atoms with E-state index in [2.05, 4.69) is 5.32 Å². The minimum Gasteiger partial charge on any atom is -0.349 e.